The van der Waals surface area contributed by atoms with Gasteiger partial charge in [0.15, 0.2) is 0 Å². The van der Waals surface area contributed by atoms with Crippen LogP contribution in [0.4, 0.5) is 5.82 Å². The molecule has 0 bridgehead atoms. The third kappa shape index (κ3) is 1.74. The van der Waals surface area contributed by atoms with Crippen molar-refractivity contribution in [3.8, 4) is 11.1 Å². The van der Waals surface area contributed by atoms with Crippen LogP contribution >= 0.6 is 0 Å². The lowest BCUT2D eigenvalue weighted by Crippen LogP contribution is -1.89. The average Bonchev–Trinajstić information content (AvgIpc) is 2.39. The Morgan fingerprint density at radius 1 is 0.824 bits per heavy atom. The maximum Gasteiger partial charge on any atom is 0.123 e. The number of rotatable bonds is 1. The van der Waals surface area contributed by atoms with Crippen molar-refractivity contribution in [3.63, 3.8) is 0 Å². The van der Waals surface area contributed by atoms with Gasteiger partial charge in [0.05, 0.1) is 0 Å². The number of nitrogens with zero attached hydrogens (tertiary/aromatic N) is 1. The second kappa shape index (κ2) is 3.91. The topological polar surface area (TPSA) is 38.9 Å². The number of pyridine rings is 1. The standard InChI is InChI=1S/C15H12N2/c16-15-9-8-12(10-17-15)14-7-3-5-11-4-1-2-6-13(11)14/h1-10H,(H2,16,17). The molecule has 0 fully saturated rings. The van der Waals surface area contributed by atoms with E-state index in [9.17, 15) is 0 Å². The predicted octanol–water partition coefficient (Wildman–Crippen LogP) is 3.48. The van der Waals surface area contributed by atoms with Gasteiger partial charge in [0.1, 0.15) is 5.82 Å². The second-order valence-electron chi connectivity index (χ2n) is 4.00. The van der Waals surface area contributed by atoms with E-state index >= 15 is 0 Å². The highest BCUT2D eigenvalue weighted by molar-refractivity contribution is 5.96. The smallest absolute Gasteiger partial charge is 0.123 e. The largest absolute Gasteiger partial charge is 0.384 e. The second-order valence-corrected chi connectivity index (χ2v) is 4.00. The summed E-state index contributed by atoms with van der Waals surface area (Å²) in [6, 6.07) is 18.5. The minimum absolute atomic E-state index is 0.550. The summed E-state index contributed by atoms with van der Waals surface area (Å²) in [5.74, 6) is 0.550. The zero-order valence-corrected chi connectivity index (χ0v) is 9.30. The van der Waals surface area contributed by atoms with Gasteiger partial charge in [-0.15, -0.1) is 0 Å². The highest BCUT2D eigenvalue weighted by atomic mass is 14.8. The Kier molecular flexibility index (Phi) is 2.26. The first-order valence-corrected chi connectivity index (χ1v) is 5.54. The first-order chi connectivity index (χ1) is 8.34. The van der Waals surface area contributed by atoms with E-state index in [4.69, 9.17) is 5.73 Å². The molecule has 0 unspecified atom stereocenters. The molecule has 82 valence electrons. The van der Waals surface area contributed by atoms with Gasteiger partial charge in [0.2, 0.25) is 0 Å². The van der Waals surface area contributed by atoms with Crippen molar-refractivity contribution in [2.45, 2.75) is 0 Å². The summed E-state index contributed by atoms with van der Waals surface area (Å²) in [4.78, 5) is 4.14. The molecule has 0 saturated carbocycles. The zero-order chi connectivity index (χ0) is 11.7. The van der Waals surface area contributed by atoms with Crippen molar-refractivity contribution in [2.24, 2.45) is 0 Å². The monoisotopic (exact) mass is 220 g/mol. The number of anilines is 1. The lowest BCUT2D eigenvalue weighted by atomic mass is 10.00. The van der Waals surface area contributed by atoms with Crippen molar-refractivity contribution < 1.29 is 0 Å². The van der Waals surface area contributed by atoms with E-state index in [0.717, 1.165) is 5.56 Å². The van der Waals surface area contributed by atoms with Crippen LogP contribution in [0.1, 0.15) is 0 Å². The normalized spacial score (nSPS) is 10.6. The molecule has 2 nitrogen and oxygen atoms in total. The first-order valence-electron chi connectivity index (χ1n) is 5.54. The van der Waals surface area contributed by atoms with E-state index in [1.165, 1.54) is 16.3 Å². The third-order valence-corrected chi connectivity index (χ3v) is 2.89. The number of nitrogens with two attached hydrogens (primary N) is 1. The van der Waals surface area contributed by atoms with Crippen molar-refractivity contribution in [2.75, 3.05) is 5.73 Å². The van der Waals surface area contributed by atoms with Crippen LogP contribution in [-0.2, 0) is 0 Å². The summed E-state index contributed by atoms with van der Waals surface area (Å²) in [6.45, 7) is 0. The van der Waals surface area contributed by atoms with Gasteiger partial charge in [-0.05, 0) is 28.5 Å². The zero-order valence-electron chi connectivity index (χ0n) is 9.30. The molecule has 0 radical (unpaired) electrons. The van der Waals surface area contributed by atoms with E-state index < -0.39 is 0 Å². The van der Waals surface area contributed by atoms with Gasteiger partial charge in [0, 0.05) is 11.8 Å². The van der Waals surface area contributed by atoms with Gasteiger partial charge in [0.25, 0.3) is 0 Å². The van der Waals surface area contributed by atoms with Gasteiger partial charge < -0.3 is 5.73 Å². The van der Waals surface area contributed by atoms with E-state index in [0.29, 0.717) is 5.82 Å². The SMILES string of the molecule is Nc1ccc(-c2cccc3ccccc23)cn1. The number of hydrogen-bond donors (Lipinski definition) is 1. The molecule has 0 aliphatic carbocycles. The molecular weight excluding hydrogens is 208 g/mol. The molecule has 2 N–H and O–H groups in total. The van der Waals surface area contributed by atoms with Gasteiger partial charge in [-0.25, -0.2) is 4.98 Å². The molecule has 0 amide bonds. The van der Waals surface area contributed by atoms with Crippen LogP contribution in [0.25, 0.3) is 21.9 Å². The molecule has 1 heterocycles. The fourth-order valence-electron chi connectivity index (χ4n) is 2.04. The van der Waals surface area contributed by atoms with E-state index in [-0.39, 0.29) is 0 Å². The van der Waals surface area contributed by atoms with Crippen molar-refractivity contribution in [1.29, 1.82) is 0 Å². The molecule has 0 aliphatic rings. The third-order valence-electron chi connectivity index (χ3n) is 2.89. The van der Waals surface area contributed by atoms with Crippen LogP contribution in [0.3, 0.4) is 0 Å². The Morgan fingerprint density at radius 3 is 2.47 bits per heavy atom. The highest BCUT2D eigenvalue weighted by Gasteiger charge is 2.02. The summed E-state index contributed by atoms with van der Waals surface area (Å²) in [5, 5.41) is 2.48. The van der Waals surface area contributed by atoms with Crippen LogP contribution in [-0.4, -0.2) is 4.98 Å². The van der Waals surface area contributed by atoms with E-state index in [1.807, 2.05) is 24.4 Å². The molecule has 1 aromatic heterocycles. The van der Waals surface area contributed by atoms with Crippen LogP contribution in [0.5, 0.6) is 0 Å². The molecule has 2 heteroatoms. The molecule has 3 rings (SSSR count). The van der Waals surface area contributed by atoms with Crippen LogP contribution < -0.4 is 5.73 Å². The number of benzene rings is 2. The van der Waals surface area contributed by atoms with Crippen LogP contribution in [0, 0.1) is 0 Å². The Morgan fingerprint density at radius 2 is 1.65 bits per heavy atom. The molecule has 0 spiro atoms. The highest BCUT2D eigenvalue weighted by Crippen LogP contribution is 2.28. The molecule has 2 aromatic carbocycles. The Hall–Kier alpha value is -2.35. The number of hydrogen-bond acceptors (Lipinski definition) is 2. The Bertz CT molecular complexity index is 652. The van der Waals surface area contributed by atoms with Gasteiger partial charge in [-0.2, -0.15) is 0 Å². The molecule has 0 saturated heterocycles. The van der Waals surface area contributed by atoms with Crippen LogP contribution in [0.15, 0.2) is 60.8 Å². The lowest BCUT2D eigenvalue weighted by Gasteiger charge is -2.06. The summed E-state index contributed by atoms with van der Waals surface area (Å²) in [5.41, 5.74) is 7.89. The van der Waals surface area contributed by atoms with Crippen LogP contribution in [0.2, 0.25) is 0 Å². The quantitative estimate of drug-likeness (QED) is 0.681. The maximum atomic E-state index is 5.61. The molecule has 0 aliphatic heterocycles. The number of fused-ring (bicyclic) bond motifs is 1. The number of aromatic nitrogens is 1. The first kappa shape index (κ1) is 9.85. The molecular formula is C15H12N2. The Balaban J connectivity index is 2.27. The minimum Gasteiger partial charge on any atom is -0.384 e. The van der Waals surface area contributed by atoms with E-state index in [2.05, 4.69) is 41.4 Å². The summed E-state index contributed by atoms with van der Waals surface area (Å²) in [7, 11) is 0. The fraction of sp³-hybridized carbons (Fsp3) is 0. The van der Waals surface area contributed by atoms with E-state index in [1.54, 1.807) is 0 Å². The van der Waals surface area contributed by atoms with Crippen molar-refractivity contribution >= 4 is 16.6 Å². The maximum absolute atomic E-state index is 5.61. The van der Waals surface area contributed by atoms with Gasteiger partial charge >= 0.3 is 0 Å². The minimum atomic E-state index is 0.550. The summed E-state index contributed by atoms with van der Waals surface area (Å²) < 4.78 is 0. The Labute approximate surface area is 99.7 Å². The molecule has 0 atom stereocenters. The average molecular weight is 220 g/mol. The van der Waals surface area contributed by atoms with Gasteiger partial charge in [-0.3, -0.25) is 0 Å². The summed E-state index contributed by atoms with van der Waals surface area (Å²) >= 11 is 0. The molecule has 17 heavy (non-hydrogen) atoms. The van der Waals surface area contributed by atoms with Crippen molar-refractivity contribution in [1.82, 2.24) is 4.98 Å². The predicted molar refractivity (Wildman–Crippen MR) is 71.6 cm³/mol. The van der Waals surface area contributed by atoms with Gasteiger partial charge in [-0.1, -0.05) is 42.5 Å². The fourth-order valence-corrected chi connectivity index (χ4v) is 2.04. The van der Waals surface area contributed by atoms with Crippen molar-refractivity contribution in [3.05, 3.63) is 60.8 Å². The number of nitrogen functional groups attached to an aromatic ring is 1. The molecule has 3 aromatic rings. The summed E-state index contributed by atoms with van der Waals surface area (Å²) in [6.07, 6.45) is 1.82. The lowest BCUT2D eigenvalue weighted by molar-refractivity contribution is 1.34.